The van der Waals surface area contributed by atoms with Crippen molar-refractivity contribution in [1.29, 1.82) is 0 Å². The number of aromatic nitrogens is 2. The van der Waals surface area contributed by atoms with Crippen LogP contribution in [-0.4, -0.2) is 20.9 Å². The fourth-order valence-corrected chi connectivity index (χ4v) is 2.87. The van der Waals surface area contributed by atoms with E-state index in [2.05, 4.69) is 17.7 Å². The van der Waals surface area contributed by atoms with Crippen LogP contribution in [0.25, 0.3) is 16.9 Å². The third-order valence-electron chi connectivity index (χ3n) is 3.56. The highest BCUT2D eigenvalue weighted by atomic mass is 32.1. The molecule has 116 valence electrons. The third-order valence-corrected chi connectivity index (χ3v) is 3.93. The molecule has 5 heteroatoms. The molecule has 1 N–H and O–H groups in total. The maximum atomic E-state index is 11.2. The third kappa shape index (κ3) is 3.29. The largest absolute Gasteiger partial charge is 0.481 e. The second kappa shape index (κ2) is 6.30. The van der Waals surface area contributed by atoms with Gasteiger partial charge in [0.05, 0.1) is 17.8 Å². The molecule has 0 atom stereocenters. The molecule has 3 aromatic rings. The van der Waals surface area contributed by atoms with Crippen LogP contribution < -0.4 is 0 Å². The maximum Gasteiger partial charge on any atom is 0.307 e. The Balaban J connectivity index is 2.14. The van der Waals surface area contributed by atoms with E-state index < -0.39 is 5.97 Å². The highest BCUT2D eigenvalue weighted by molar-refractivity contribution is 7.80. The average Bonchev–Trinajstić information content (AvgIpc) is 2.91. The number of carbonyl (C=O) groups is 1. The number of hydrogen-bond acceptors (Lipinski definition) is 3. The molecular weight excluding hydrogens is 308 g/mol. The number of benzene rings is 2. The molecule has 0 amide bonds. The Kier molecular flexibility index (Phi) is 4.21. The summed E-state index contributed by atoms with van der Waals surface area (Å²) in [4.78, 5) is 12.0. The van der Waals surface area contributed by atoms with Crippen molar-refractivity contribution in [2.75, 3.05) is 0 Å². The second-order valence-electron chi connectivity index (χ2n) is 5.37. The zero-order valence-electron chi connectivity index (χ0n) is 12.6. The zero-order chi connectivity index (χ0) is 16.4. The fourth-order valence-electron chi connectivity index (χ4n) is 2.48. The summed E-state index contributed by atoms with van der Waals surface area (Å²) in [6, 6.07) is 15.5. The minimum absolute atomic E-state index is 0.0801. The van der Waals surface area contributed by atoms with Crippen molar-refractivity contribution in [3.05, 3.63) is 65.9 Å². The van der Waals surface area contributed by atoms with Crippen molar-refractivity contribution in [3.63, 3.8) is 0 Å². The summed E-state index contributed by atoms with van der Waals surface area (Å²) < 4.78 is 1.71. The SMILES string of the molecule is Cc1ccc(-c2nn(-c3ccccc3)cc2CC(=O)O)c(S)c1. The van der Waals surface area contributed by atoms with Gasteiger partial charge in [-0.15, -0.1) is 12.6 Å². The van der Waals surface area contributed by atoms with Crippen LogP contribution in [0.3, 0.4) is 0 Å². The molecule has 0 saturated heterocycles. The standard InChI is InChI=1S/C18H16N2O2S/c1-12-7-8-15(16(23)9-12)18-13(10-17(21)22)11-20(19-18)14-5-3-2-4-6-14/h2-9,11,23H,10H2,1H3,(H,21,22). The molecule has 0 aliphatic rings. The van der Waals surface area contributed by atoms with Gasteiger partial charge in [-0.05, 0) is 30.7 Å². The van der Waals surface area contributed by atoms with Crippen molar-refractivity contribution in [2.45, 2.75) is 18.2 Å². The number of rotatable bonds is 4. The lowest BCUT2D eigenvalue weighted by Gasteiger charge is -2.05. The molecule has 0 fully saturated rings. The molecule has 0 unspecified atom stereocenters. The Hall–Kier alpha value is -2.53. The minimum atomic E-state index is -0.883. The molecule has 0 bridgehead atoms. The number of para-hydroxylation sites is 1. The summed E-state index contributed by atoms with van der Waals surface area (Å²) >= 11 is 4.52. The quantitative estimate of drug-likeness (QED) is 0.718. The number of carboxylic acid groups (broad SMARTS) is 1. The van der Waals surface area contributed by atoms with E-state index in [0.717, 1.165) is 21.7 Å². The van der Waals surface area contributed by atoms with E-state index in [-0.39, 0.29) is 6.42 Å². The summed E-state index contributed by atoms with van der Waals surface area (Å²) in [5.74, 6) is -0.883. The first-order chi connectivity index (χ1) is 11.0. The van der Waals surface area contributed by atoms with Crippen molar-refractivity contribution < 1.29 is 9.90 Å². The molecule has 0 spiro atoms. The maximum absolute atomic E-state index is 11.2. The smallest absolute Gasteiger partial charge is 0.307 e. The Morgan fingerprint density at radius 1 is 1.22 bits per heavy atom. The van der Waals surface area contributed by atoms with Crippen LogP contribution in [0.2, 0.25) is 0 Å². The molecule has 0 saturated carbocycles. The molecule has 3 rings (SSSR count). The van der Waals surface area contributed by atoms with Crippen LogP contribution in [-0.2, 0) is 11.2 Å². The number of aryl methyl sites for hydroxylation is 1. The molecule has 1 aromatic heterocycles. The van der Waals surface area contributed by atoms with Crippen molar-refractivity contribution in [1.82, 2.24) is 9.78 Å². The van der Waals surface area contributed by atoms with E-state index >= 15 is 0 Å². The van der Waals surface area contributed by atoms with E-state index in [0.29, 0.717) is 11.3 Å². The molecule has 23 heavy (non-hydrogen) atoms. The second-order valence-corrected chi connectivity index (χ2v) is 5.86. The van der Waals surface area contributed by atoms with Gasteiger partial charge in [-0.1, -0.05) is 30.3 Å². The monoisotopic (exact) mass is 324 g/mol. The van der Waals surface area contributed by atoms with Gasteiger partial charge in [0.1, 0.15) is 0 Å². The van der Waals surface area contributed by atoms with E-state index in [9.17, 15) is 9.90 Å². The van der Waals surface area contributed by atoms with Crippen LogP contribution in [0.15, 0.2) is 59.6 Å². The lowest BCUT2D eigenvalue weighted by molar-refractivity contribution is -0.136. The number of hydrogen-bond donors (Lipinski definition) is 2. The first-order valence-electron chi connectivity index (χ1n) is 7.20. The highest BCUT2D eigenvalue weighted by Gasteiger charge is 2.16. The number of carboxylic acids is 1. The van der Waals surface area contributed by atoms with Gasteiger partial charge in [-0.3, -0.25) is 4.79 Å². The Morgan fingerprint density at radius 2 is 1.96 bits per heavy atom. The predicted molar refractivity (Wildman–Crippen MR) is 92.3 cm³/mol. The highest BCUT2D eigenvalue weighted by Crippen LogP contribution is 2.30. The summed E-state index contributed by atoms with van der Waals surface area (Å²) in [6.45, 7) is 1.99. The van der Waals surface area contributed by atoms with Gasteiger partial charge in [0.25, 0.3) is 0 Å². The molecule has 0 aliphatic heterocycles. The van der Waals surface area contributed by atoms with Crippen LogP contribution in [0.1, 0.15) is 11.1 Å². The van der Waals surface area contributed by atoms with E-state index in [1.54, 1.807) is 10.9 Å². The molecule has 1 heterocycles. The zero-order valence-corrected chi connectivity index (χ0v) is 13.5. The molecule has 4 nitrogen and oxygen atoms in total. The predicted octanol–water partition coefficient (Wildman–Crippen LogP) is 3.76. The lowest BCUT2D eigenvalue weighted by atomic mass is 10.0. The molecule has 2 aromatic carbocycles. The lowest BCUT2D eigenvalue weighted by Crippen LogP contribution is -2.00. The Bertz CT molecular complexity index is 857. The van der Waals surface area contributed by atoms with E-state index in [1.807, 2.05) is 55.5 Å². The summed E-state index contributed by atoms with van der Waals surface area (Å²) in [6.07, 6.45) is 1.69. The van der Waals surface area contributed by atoms with Crippen LogP contribution in [0.4, 0.5) is 0 Å². The van der Waals surface area contributed by atoms with Crippen molar-refractivity contribution in [3.8, 4) is 16.9 Å². The van der Waals surface area contributed by atoms with Gasteiger partial charge in [0.15, 0.2) is 0 Å². The number of nitrogens with zero attached hydrogens (tertiary/aromatic N) is 2. The summed E-state index contributed by atoms with van der Waals surface area (Å²) in [7, 11) is 0. The molecular formula is C18H16N2O2S. The Morgan fingerprint density at radius 3 is 2.61 bits per heavy atom. The Labute approximate surface area is 139 Å². The minimum Gasteiger partial charge on any atom is -0.481 e. The van der Waals surface area contributed by atoms with Gasteiger partial charge in [-0.2, -0.15) is 5.10 Å². The van der Waals surface area contributed by atoms with Gasteiger partial charge in [0.2, 0.25) is 0 Å². The van der Waals surface area contributed by atoms with Crippen LogP contribution in [0.5, 0.6) is 0 Å². The van der Waals surface area contributed by atoms with Gasteiger partial charge in [-0.25, -0.2) is 4.68 Å². The summed E-state index contributed by atoms with van der Waals surface area (Å²) in [5, 5.41) is 13.8. The molecule has 0 aliphatic carbocycles. The normalized spacial score (nSPS) is 10.7. The van der Waals surface area contributed by atoms with Crippen molar-refractivity contribution >= 4 is 18.6 Å². The summed E-state index contributed by atoms with van der Waals surface area (Å²) in [5.41, 5.74) is 4.14. The van der Waals surface area contributed by atoms with Crippen LogP contribution >= 0.6 is 12.6 Å². The number of aliphatic carboxylic acids is 1. The molecule has 0 radical (unpaired) electrons. The van der Waals surface area contributed by atoms with Crippen molar-refractivity contribution in [2.24, 2.45) is 0 Å². The van der Waals surface area contributed by atoms with E-state index in [1.165, 1.54) is 0 Å². The number of thiol groups is 1. The first-order valence-corrected chi connectivity index (χ1v) is 7.65. The topological polar surface area (TPSA) is 55.1 Å². The first kappa shape index (κ1) is 15.4. The van der Waals surface area contributed by atoms with E-state index in [4.69, 9.17) is 0 Å². The van der Waals surface area contributed by atoms with Gasteiger partial charge in [0, 0.05) is 22.2 Å². The van der Waals surface area contributed by atoms with Gasteiger partial charge >= 0.3 is 5.97 Å². The fraction of sp³-hybridized carbons (Fsp3) is 0.111. The van der Waals surface area contributed by atoms with Gasteiger partial charge < -0.3 is 5.11 Å². The van der Waals surface area contributed by atoms with Crippen LogP contribution in [0, 0.1) is 6.92 Å². The average molecular weight is 324 g/mol.